The number of hydrogen-bond donors (Lipinski definition) is 2. The summed E-state index contributed by atoms with van der Waals surface area (Å²) >= 11 is 0. The van der Waals surface area contributed by atoms with Crippen LogP contribution in [0.15, 0.2) is 49.2 Å². The minimum atomic E-state index is -3.68. The molecule has 2 N–H and O–H groups in total. The molecule has 3 fully saturated rings. The van der Waals surface area contributed by atoms with Gasteiger partial charge in [-0.1, -0.05) is 30.3 Å². The van der Waals surface area contributed by atoms with E-state index in [0.717, 1.165) is 19.5 Å². The third kappa shape index (κ3) is 5.29. The summed E-state index contributed by atoms with van der Waals surface area (Å²) < 4.78 is 33.0. The minimum Gasteiger partial charge on any atom is -0.473 e. The number of amides is 1. The number of fused-ring (bicyclic) bond motifs is 1. The molecule has 11 heteroatoms. The van der Waals surface area contributed by atoms with Gasteiger partial charge in [-0.2, -0.15) is 4.98 Å². The van der Waals surface area contributed by atoms with Gasteiger partial charge in [-0.05, 0) is 42.7 Å². The van der Waals surface area contributed by atoms with Crippen molar-refractivity contribution in [1.82, 2.24) is 20.0 Å². The van der Waals surface area contributed by atoms with Crippen LogP contribution in [-0.2, 0) is 32.6 Å². The highest BCUT2D eigenvalue weighted by Gasteiger charge is 2.61. The summed E-state index contributed by atoms with van der Waals surface area (Å²) in [6.07, 6.45) is 5.94. The Bertz CT molecular complexity index is 1410. The number of Topliss-reactive ketones (excluding diaryl/α,β-unsaturated/α-hetero) is 1. The second-order valence-corrected chi connectivity index (χ2v) is 13.1. The largest absolute Gasteiger partial charge is 0.473 e. The van der Waals surface area contributed by atoms with E-state index in [-0.39, 0.29) is 24.2 Å². The standard InChI is InChI=1S/C28H33N5O5S/c1-2-20-14-28(20,26(35)32-39(36,37)22-7-8-22)15-24(34)23-13-21(16-30-23)38-25-9-11-29-27(31-25)33-12-10-18-5-3-4-6-19(18)17-33/h2-6,9,11,20-23,30H,1,7-8,10,12-17H2,(H,32,35)/t20?,21-,23+,28?/m1/s1. The van der Waals surface area contributed by atoms with E-state index in [1.54, 1.807) is 18.3 Å². The van der Waals surface area contributed by atoms with Crippen LogP contribution in [-0.4, -0.2) is 60.6 Å². The summed E-state index contributed by atoms with van der Waals surface area (Å²) in [5, 5.41) is 2.71. The van der Waals surface area contributed by atoms with E-state index in [2.05, 4.69) is 49.7 Å². The van der Waals surface area contributed by atoms with Gasteiger partial charge in [-0.25, -0.2) is 13.4 Å². The lowest BCUT2D eigenvalue weighted by molar-refractivity contribution is -0.130. The van der Waals surface area contributed by atoms with E-state index in [1.165, 1.54) is 11.1 Å². The van der Waals surface area contributed by atoms with Crippen molar-refractivity contribution in [3.63, 3.8) is 0 Å². The Morgan fingerprint density at radius 3 is 2.77 bits per heavy atom. The molecule has 4 atom stereocenters. The number of hydrogen-bond acceptors (Lipinski definition) is 9. The summed E-state index contributed by atoms with van der Waals surface area (Å²) in [6.45, 7) is 5.80. The second-order valence-electron chi connectivity index (χ2n) is 11.1. The topological polar surface area (TPSA) is 131 Å². The SMILES string of the molecule is C=CC1CC1(CC(=O)[C@@H]1C[C@@H](Oc2ccnc(N3CCc4ccccc4C3)n2)CN1)C(=O)NS(=O)(=O)C1CC1. The number of anilines is 1. The van der Waals surface area contributed by atoms with Gasteiger partial charge in [0.05, 0.1) is 16.7 Å². The van der Waals surface area contributed by atoms with Gasteiger partial charge in [-0.3, -0.25) is 14.3 Å². The minimum absolute atomic E-state index is 0.0335. The molecule has 0 radical (unpaired) electrons. The lowest BCUT2D eigenvalue weighted by atomic mass is 9.92. The zero-order chi connectivity index (χ0) is 27.2. The Balaban J connectivity index is 1.06. The maximum atomic E-state index is 13.2. The van der Waals surface area contributed by atoms with E-state index in [9.17, 15) is 18.0 Å². The monoisotopic (exact) mass is 551 g/mol. The van der Waals surface area contributed by atoms with Gasteiger partial charge in [0.15, 0.2) is 5.78 Å². The van der Waals surface area contributed by atoms with Crippen molar-refractivity contribution in [2.24, 2.45) is 11.3 Å². The average Bonchev–Trinajstić information content (AvgIpc) is 3.86. The zero-order valence-electron chi connectivity index (χ0n) is 21.7. The smallest absolute Gasteiger partial charge is 0.240 e. The third-order valence-electron chi connectivity index (χ3n) is 8.36. The Morgan fingerprint density at radius 2 is 2.03 bits per heavy atom. The number of rotatable bonds is 10. The first kappa shape index (κ1) is 25.9. The first-order valence-electron chi connectivity index (χ1n) is 13.5. The molecule has 2 saturated carbocycles. The highest BCUT2D eigenvalue weighted by Crippen LogP contribution is 2.56. The van der Waals surface area contributed by atoms with Gasteiger partial charge < -0.3 is 15.0 Å². The van der Waals surface area contributed by atoms with E-state index >= 15 is 0 Å². The number of ketones is 1. The summed E-state index contributed by atoms with van der Waals surface area (Å²) in [6, 6.07) is 9.62. The van der Waals surface area contributed by atoms with Crippen molar-refractivity contribution in [2.75, 3.05) is 18.0 Å². The van der Waals surface area contributed by atoms with Crippen LogP contribution in [0.4, 0.5) is 5.95 Å². The molecule has 2 aliphatic heterocycles. The number of nitrogens with zero attached hydrogens (tertiary/aromatic N) is 3. The molecule has 2 unspecified atom stereocenters. The quantitative estimate of drug-likeness (QED) is 0.425. The molecule has 39 heavy (non-hydrogen) atoms. The molecule has 1 amide bonds. The molecule has 6 rings (SSSR count). The molecule has 4 aliphatic rings. The van der Waals surface area contributed by atoms with Gasteiger partial charge in [-0.15, -0.1) is 6.58 Å². The lowest BCUT2D eigenvalue weighted by Gasteiger charge is -2.29. The van der Waals surface area contributed by atoms with Gasteiger partial charge in [0.2, 0.25) is 27.8 Å². The van der Waals surface area contributed by atoms with Crippen LogP contribution in [0.2, 0.25) is 0 Å². The fourth-order valence-electron chi connectivity index (χ4n) is 5.74. The summed E-state index contributed by atoms with van der Waals surface area (Å²) in [4.78, 5) is 37.4. The maximum Gasteiger partial charge on any atom is 0.240 e. The van der Waals surface area contributed by atoms with Crippen LogP contribution in [0.25, 0.3) is 0 Å². The van der Waals surface area contributed by atoms with Crippen molar-refractivity contribution in [3.05, 3.63) is 60.3 Å². The molecule has 1 saturated heterocycles. The average molecular weight is 552 g/mol. The fraction of sp³-hybridized carbons (Fsp3) is 0.500. The Hall–Kier alpha value is -3.31. The van der Waals surface area contributed by atoms with E-state index < -0.39 is 32.6 Å². The van der Waals surface area contributed by atoms with E-state index in [1.807, 2.05) is 6.07 Å². The number of ether oxygens (including phenoxy) is 1. The summed E-state index contributed by atoms with van der Waals surface area (Å²) in [7, 11) is -3.68. The molecule has 10 nitrogen and oxygen atoms in total. The number of carbonyl (C=O) groups excluding carboxylic acids is 2. The first-order valence-corrected chi connectivity index (χ1v) is 15.1. The number of aromatic nitrogens is 2. The Kier molecular flexibility index (Phi) is 6.66. The van der Waals surface area contributed by atoms with Crippen LogP contribution >= 0.6 is 0 Å². The molecule has 2 aliphatic carbocycles. The molecule has 206 valence electrons. The molecular formula is C28H33N5O5S. The number of benzene rings is 1. The zero-order valence-corrected chi connectivity index (χ0v) is 22.5. The van der Waals surface area contributed by atoms with Crippen molar-refractivity contribution >= 4 is 27.7 Å². The van der Waals surface area contributed by atoms with Crippen molar-refractivity contribution in [3.8, 4) is 5.88 Å². The van der Waals surface area contributed by atoms with Crippen LogP contribution in [0.3, 0.4) is 0 Å². The van der Waals surface area contributed by atoms with Crippen LogP contribution < -0.4 is 19.7 Å². The Labute approximate surface area is 228 Å². The summed E-state index contributed by atoms with van der Waals surface area (Å²) in [5.41, 5.74) is 1.57. The lowest BCUT2D eigenvalue weighted by Crippen LogP contribution is -2.42. The predicted octanol–water partition coefficient (Wildman–Crippen LogP) is 1.91. The molecule has 1 aromatic carbocycles. The number of carbonyl (C=O) groups is 2. The Morgan fingerprint density at radius 1 is 1.23 bits per heavy atom. The molecular weight excluding hydrogens is 518 g/mol. The predicted molar refractivity (Wildman–Crippen MR) is 144 cm³/mol. The van der Waals surface area contributed by atoms with Gasteiger partial charge in [0.1, 0.15) is 6.10 Å². The number of nitrogens with one attached hydrogen (secondary N) is 2. The highest BCUT2D eigenvalue weighted by atomic mass is 32.2. The molecule has 2 aromatic rings. The molecule has 3 heterocycles. The maximum absolute atomic E-state index is 13.2. The van der Waals surface area contributed by atoms with Gasteiger partial charge >= 0.3 is 0 Å². The second kappa shape index (κ2) is 10.0. The third-order valence-corrected chi connectivity index (χ3v) is 10.2. The molecule has 0 spiro atoms. The fourth-order valence-corrected chi connectivity index (χ4v) is 7.12. The highest BCUT2D eigenvalue weighted by molar-refractivity contribution is 7.90. The first-order chi connectivity index (χ1) is 18.8. The van der Waals surface area contributed by atoms with Crippen molar-refractivity contribution < 1.29 is 22.7 Å². The molecule has 0 bridgehead atoms. The van der Waals surface area contributed by atoms with Crippen LogP contribution in [0.5, 0.6) is 5.88 Å². The van der Waals surface area contributed by atoms with E-state index in [0.29, 0.717) is 44.1 Å². The van der Waals surface area contributed by atoms with E-state index in [4.69, 9.17) is 4.74 Å². The number of sulfonamides is 1. The van der Waals surface area contributed by atoms with Gasteiger partial charge in [0.25, 0.3) is 0 Å². The van der Waals surface area contributed by atoms with Crippen LogP contribution in [0.1, 0.15) is 43.2 Å². The number of allylic oxidation sites excluding steroid dienone is 1. The van der Waals surface area contributed by atoms with Crippen molar-refractivity contribution in [1.29, 1.82) is 0 Å². The molecule has 1 aromatic heterocycles. The summed E-state index contributed by atoms with van der Waals surface area (Å²) in [5.74, 6) is 0.130. The normalized spacial score (nSPS) is 27.9. The van der Waals surface area contributed by atoms with Crippen LogP contribution in [0, 0.1) is 11.3 Å². The van der Waals surface area contributed by atoms with Crippen molar-refractivity contribution in [2.45, 2.75) is 62.5 Å². The van der Waals surface area contributed by atoms with Gasteiger partial charge in [0, 0.05) is 44.7 Å².